The lowest BCUT2D eigenvalue weighted by molar-refractivity contribution is -0.384. The smallest absolute Gasteiger partial charge is 0.269 e. The van der Waals surface area contributed by atoms with Crippen molar-refractivity contribution >= 4 is 5.69 Å². The van der Waals surface area contributed by atoms with Crippen LogP contribution in [0.1, 0.15) is 19.3 Å². The van der Waals surface area contributed by atoms with Gasteiger partial charge in [0.2, 0.25) is 0 Å². The van der Waals surface area contributed by atoms with Crippen LogP contribution in [-0.4, -0.2) is 53.0 Å². The van der Waals surface area contributed by atoms with E-state index in [1.165, 1.54) is 31.4 Å². The molecule has 5 rings (SSSR count). The van der Waals surface area contributed by atoms with Crippen LogP contribution in [0.5, 0.6) is 11.5 Å². The van der Waals surface area contributed by atoms with Crippen molar-refractivity contribution in [3.05, 3.63) is 89.0 Å². The second-order valence-corrected chi connectivity index (χ2v) is 9.10. The van der Waals surface area contributed by atoms with Gasteiger partial charge in [0.15, 0.2) is 0 Å². The van der Waals surface area contributed by atoms with Gasteiger partial charge < -0.3 is 9.47 Å². The van der Waals surface area contributed by atoms with E-state index in [1.54, 1.807) is 19.2 Å². The molecule has 3 aromatic carbocycles. The van der Waals surface area contributed by atoms with Crippen LogP contribution in [0.25, 0.3) is 28.2 Å². The van der Waals surface area contributed by atoms with Crippen molar-refractivity contribution in [1.82, 2.24) is 14.7 Å². The third kappa shape index (κ3) is 5.81. The molecule has 0 amide bonds. The molecule has 190 valence electrons. The molecule has 37 heavy (non-hydrogen) atoms. The van der Waals surface area contributed by atoms with Crippen LogP contribution < -0.4 is 9.47 Å². The van der Waals surface area contributed by atoms with E-state index in [0.717, 1.165) is 59.3 Å². The van der Waals surface area contributed by atoms with Crippen LogP contribution in [0.2, 0.25) is 0 Å². The quantitative estimate of drug-likeness (QED) is 0.208. The minimum absolute atomic E-state index is 0.0398. The lowest BCUT2D eigenvalue weighted by atomic mass is 10.1. The molecule has 4 aromatic rings. The van der Waals surface area contributed by atoms with Crippen molar-refractivity contribution < 1.29 is 14.4 Å². The van der Waals surface area contributed by atoms with Crippen LogP contribution in [0.3, 0.4) is 0 Å². The summed E-state index contributed by atoms with van der Waals surface area (Å²) in [5.74, 6) is 1.60. The van der Waals surface area contributed by atoms with Gasteiger partial charge in [-0.15, -0.1) is 0 Å². The maximum Gasteiger partial charge on any atom is 0.269 e. The molecule has 0 saturated carbocycles. The van der Waals surface area contributed by atoms with Crippen LogP contribution in [-0.2, 0) is 0 Å². The van der Waals surface area contributed by atoms with Gasteiger partial charge in [0, 0.05) is 29.8 Å². The van der Waals surface area contributed by atoms with E-state index >= 15 is 0 Å². The zero-order chi connectivity index (χ0) is 25.6. The van der Waals surface area contributed by atoms with Gasteiger partial charge in [0.05, 0.1) is 29.1 Å². The molecule has 1 saturated heterocycles. The van der Waals surface area contributed by atoms with E-state index in [9.17, 15) is 10.1 Å². The number of non-ortho nitro benzene ring substituents is 1. The first kappa shape index (κ1) is 24.5. The lowest BCUT2D eigenvalue weighted by Gasteiger charge is -2.26. The van der Waals surface area contributed by atoms with Crippen LogP contribution >= 0.6 is 0 Å². The third-order valence-corrected chi connectivity index (χ3v) is 6.68. The highest BCUT2D eigenvalue weighted by Crippen LogP contribution is 2.31. The number of nitro groups is 1. The second kappa shape index (κ2) is 11.3. The number of benzene rings is 3. The molecule has 1 fully saturated rings. The molecular weight excluding hydrogens is 468 g/mol. The molecule has 0 spiro atoms. The summed E-state index contributed by atoms with van der Waals surface area (Å²) in [6.07, 6.45) is 3.89. The standard InChI is InChI=1S/C29H30N4O4/c1-36-26-13-7-23(8-14-26)29-21-28(30-32(29)24-9-11-25(12-10-24)33(34)35)22-5-15-27(16-6-22)37-20-19-31-17-3-2-4-18-31/h5-16,21H,2-4,17-20H2,1H3. The summed E-state index contributed by atoms with van der Waals surface area (Å²) in [5.41, 5.74) is 4.35. The fraction of sp³-hybridized carbons (Fsp3) is 0.276. The number of piperidine rings is 1. The molecule has 0 radical (unpaired) electrons. The number of methoxy groups -OCH3 is 1. The molecule has 8 nitrogen and oxygen atoms in total. The highest BCUT2D eigenvalue weighted by Gasteiger charge is 2.15. The van der Waals surface area contributed by atoms with Gasteiger partial charge in [0.25, 0.3) is 5.69 Å². The fourth-order valence-electron chi connectivity index (χ4n) is 4.60. The molecule has 0 unspecified atom stereocenters. The average Bonchev–Trinajstić information content (AvgIpc) is 3.40. The molecule has 0 bridgehead atoms. The third-order valence-electron chi connectivity index (χ3n) is 6.68. The van der Waals surface area contributed by atoms with Gasteiger partial charge in [0.1, 0.15) is 18.1 Å². The van der Waals surface area contributed by atoms with Gasteiger partial charge in [-0.25, -0.2) is 4.68 Å². The van der Waals surface area contributed by atoms with Crippen molar-refractivity contribution in [2.24, 2.45) is 0 Å². The van der Waals surface area contributed by atoms with Crippen LogP contribution in [0.4, 0.5) is 5.69 Å². The maximum absolute atomic E-state index is 11.1. The van der Waals surface area contributed by atoms with E-state index in [4.69, 9.17) is 14.6 Å². The Morgan fingerprint density at radius 1 is 0.865 bits per heavy atom. The highest BCUT2D eigenvalue weighted by atomic mass is 16.6. The fourth-order valence-corrected chi connectivity index (χ4v) is 4.60. The predicted molar refractivity (Wildman–Crippen MR) is 143 cm³/mol. The SMILES string of the molecule is COc1ccc(-c2cc(-c3ccc(OCCN4CCCCC4)cc3)nn2-c2ccc([N+](=O)[O-])cc2)cc1. The molecule has 1 aliphatic heterocycles. The first-order valence-corrected chi connectivity index (χ1v) is 12.6. The Kier molecular flexibility index (Phi) is 7.46. The molecule has 1 aliphatic rings. The summed E-state index contributed by atoms with van der Waals surface area (Å²) in [5, 5.41) is 16.0. The van der Waals surface area contributed by atoms with E-state index in [2.05, 4.69) is 4.90 Å². The minimum Gasteiger partial charge on any atom is -0.497 e. The number of ether oxygens (including phenoxy) is 2. The normalized spacial score (nSPS) is 13.9. The summed E-state index contributed by atoms with van der Waals surface area (Å²) >= 11 is 0. The molecular formula is C29H30N4O4. The predicted octanol–water partition coefficient (Wildman–Crippen LogP) is 5.99. The maximum atomic E-state index is 11.1. The Bertz CT molecular complexity index is 1330. The average molecular weight is 499 g/mol. The van der Waals surface area contributed by atoms with Crippen molar-refractivity contribution in [2.45, 2.75) is 19.3 Å². The number of hydrogen-bond donors (Lipinski definition) is 0. The van der Waals surface area contributed by atoms with E-state index in [0.29, 0.717) is 6.61 Å². The summed E-state index contributed by atoms with van der Waals surface area (Å²) in [7, 11) is 1.63. The topological polar surface area (TPSA) is 82.7 Å². The Morgan fingerprint density at radius 2 is 1.51 bits per heavy atom. The number of aromatic nitrogens is 2. The molecule has 2 heterocycles. The van der Waals surface area contributed by atoms with Gasteiger partial charge >= 0.3 is 0 Å². The summed E-state index contributed by atoms with van der Waals surface area (Å²) in [6, 6.07) is 24.1. The summed E-state index contributed by atoms with van der Waals surface area (Å²) in [4.78, 5) is 13.2. The number of nitro benzene ring substituents is 1. The zero-order valence-electron chi connectivity index (χ0n) is 20.9. The first-order valence-electron chi connectivity index (χ1n) is 12.6. The van der Waals surface area contributed by atoms with Gasteiger partial charge in [-0.1, -0.05) is 6.42 Å². The molecule has 0 aliphatic carbocycles. The molecule has 1 aromatic heterocycles. The van der Waals surface area contributed by atoms with E-state index < -0.39 is 4.92 Å². The Morgan fingerprint density at radius 3 is 2.16 bits per heavy atom. The number of hydrogen-bond acceptors (Lipinski definition) is 6. The minimum atomic E-state index is -0.404. The monoisotopic (exact) mass is 498 g/mol. The second-order valence-electron chi connectivity index (χ2n) is 9.10. The Balaban J connectivity index is 1.39. The Hall–Kier alpha value is -4.17. The van der Waals surface area contributed by atoms with Gasteiger partial charge in [-0.05, 0) is 92.7 Å². The number of nitrogens with zero attached hydrogens (tertiary/aromatic N) is 4. The number of rotatable bonds is 9. The van der Waals surface area contributed by atoms with E-state index in [1.807, 2.05) is 59.3 Å². The summed E-state index contributed by atoms with van der Waals surface area (Å²) < 4.78 is 13.1. The largest absolute Gasteiger partial charge is 0.497 e. The molecule has 0 N–H and O–H groups in total. The Labute approximate surface area is 216 Å². The highest BCUT2D eigenvalue weighted by molar-refractivity contribution is 5.71. The van der Waals surface area contributed by atoms with Crippen LogP contribution in [0, 0.1) is 10.1 Å². The zero-order valence-corrected chi connectivity index (χ0v) is 20.9. The molecule has 8 heteroatoms. The van der Waals surface area contributed by atoms with E-state index in [-0.39, 0.29) is 5.69 Å². The van der Waals surface area contributed by atoms with Crippen molar-refractivity contribution in [2.75, 3.05) is 33.4 Å². The lowest BCUT2D eigenvalue weighted by Crippen LogP contribution is -2.33. The van der Waals surface area contributed by atoms with Crippen molar-refractivity contribution in [3.8, 4) is 39.7 Å². The van der Waals surface area contributed by atoms with Crippen molar-refractivity contribution in [1.29, 1.82) is 0 Å². The van der Waals surface area contributed by atoms with Crippen molar-refractivity contribution in [3.63, 3.8) is 0 Å². The number of likely N-dealkylation sites (tertiary alicyclic amines) is 1. The first-order chi connectivity index (χ1) is 18.1. The molecule has 0 atom stereocenters. The summed E-state index contributed by atoms with van der Waals surface area (Å²) in [6.45, 7) is 3.95. The van der Waals surface area contributed by atoms with Crippen LogP contribution in [0.15, 0.2) is 78.9 Å². The van der Waals surface area contributed by atoms with Gasteiger partial charge in [-0.2, -0.15) is 5.10 Å². The van der Waals surface area contributed by atoms with Gasteiger partial charge in [-0.3, -0.25) is 15.0 Å².